The summed E-state index contributed by atoms with van der Waals surface area (Å²) in [5, 5.41) is 6.41. The fraction of sp³-hybridized carbons (Fsp3) is 0.294. The molecule has 2 N–H and O–H groups in total. The molecule has 2 aromatic heterocycles. The molecular weight excluding hydrogens is 338 g/mol. The van der Waals surface area contributed by atoms with Crippen molar-refractivity contribution in [2.75, 3.05) is 13.1 Å². The van der Waals surface area contributed by atoms with Crippen molar-refractivity contribution in [3.8, 4) is 10.4 Å². The Morgan fingerprint density at radius 1 is 1.28 bits per heavy atom. The molecule has 1 aromatic carbocycles. The third-order valence-corrected chi connectivity index (χ3v) is 5.30. The zero-order valence-corrected chi connectivity index (χ0v) is 14.3. The lowest BCUT2D eigenvalue weighted by Gasteiger charge is -2.31. The second kappa shape index (κ2) is 6.64. The maximum absolute atomic E-state index is 13.0. The first-order valence-electron chi connectivity index (χ1n) is 8.15. The molecule has 8 heteroatoms. The molecule has 1 saturated heterocycles. The van der Waals surface area contributed by atoms with E-state index in [1.54, 1.807) is 5.51 Å². The van der Waals surface area contributed by atoms with Gasteiger partial charge in [-0.05, 0) is 18.4 Å². The number of carbonyl (C=O) groups excluding carboxylic acids is 1. The first-order valence-corrected chi connectivity index (χ1v) is 9.03. The Morgan fingerprint density at radius 3 is 2.88 bits per heavy atom. The number of likely N-dealkylation sites (tertiary alicyclic amines) is 1. The molecule has 1 fully saturated rings. The highest BCUT2D eigenvalue weighted by atomic mass is 32.1. The molecule has 1 amide bonds. The lowest BCUT2D eigenvalue weighted by Crippen LogP contribution is -2.39. The highest BCUT2D eigenvalue weighted by Gasteiger charge is 2.29. The molecule has 0 unspecified atom stereocenters. The van der Waals surface area contributed by atoms with Crippen LogP contribution < -0.4 is 5.69 Å². The Bertz CT molecular complexity index is 930. The summed E-state index contributed by atoms with van der Waals surface area (Å²) in [6.07, 6.45) is 1.77. The van der Waals surface area contributed by atoms with Crippen LogP contribution in [-0.4, -0.2) is 44.1 Å². The van der Waals surface area contributed by atoms with Gasteiger partial charge in [-0.15, -0.1) is 11.3 Å². The van der Waals surface area contributed by atoms with Crippen LogP contribution in [0.4, 0.5) is 0 Å². The van der Waals surface area contributed by atoms with Crippen LogP contribution in [0.15, 0.2) is 40.6 Å². The molecular formula is C17H17N5O2S. The summed E-state index contributed by atoms with van der Waals surface area (Å²) in [5.74, 6) is 0.585. The second-order valence-corrected chi connectivity index (χ2v) is 6.90. The number of hydrogen-bond acceptors (Lipinski definition) is 5. The molecule has 4 rings (SSSR count). The lowest BCUT2D eigenvalue weighted by molar-refractivity contribution is 0.0700. The number of thiazole rings is 1. The largest absolute Gasteiger partial charge is 0.340 e. The van der Waals surface area contributed by atoms with Crippen LogP contribution in [0.1, 0.15) is 35.1 Å². The predicted molar refractivity (Wildman–Crippen MR) is 94.6 cm³/mol. The number of piperidine rings is 1. The number of benzene rings is 1. The number of hydrogen-bond donors (Lipinski definition) is 2. The summed E-state index contributed by atoms with van der Waals surface area (Å²) < 4.78 is 0. The van der Waals surface area contributed by atoms with Gasteiger partial charge in [-0.2, -0.15) is 5.10 Å². The van der Waals surface area contributed by atoms with Gasteiger partial charge in [0, 0.05) is 19.0 Å². The zero-order chi connectivity index (χ0) is 17.2. The van der Waals surface area contributed by atoms with Gasteiger partial charge in [0.1, 0.15) is 11.5 Å². The second-order valence-electron chi connectivity index (χ2n) is 6.05. The summed E-state index contributed by atoms with van der Waals surface area (Å²) in [7, 11) is 0. The number of H-pyrrole nitrogens is 2. The average molecular weight is 355 g/mol. The molecule has 1 atom stereocenters. The highest BCUT2D eigenvalue weighted by molar-refractivity contribution is 7.13. The first-order chi connectivity index (χ1) is 12.2. The van der Waals surface area contributed by atoms with Crippen molar-refractivity contribution in [3.05, 3.63) is 57.8 Å². The molecule has 0 bridgehead atoms. The minimum atomic E-state index is -0.315. The van der Waals surface area contributed by atoms with Crippen LogP contribution in [0.3, 0.4) is 0 Å². The smallest absolute Gasteiger partial charge is 0.337 e. The summed E-state index contributed by atoms with van der Waals surface area (Å²) in [6, 6.07) is 9.82. The SMILES string of the molecule is O=C(c1ncsc1-c1ccccc1)N1CCC[C@H](c2n[nH]c(=O)[nH]2)C1. The molecule has 25 heavy (non-hydrogen) atoms. The predicted octanol–water partition coefficient (Wildman–Crippen LogP) is 2.24. The van der Waals surface area contributed by atoms with E-state index in [1.165, 1.54) is 11.3 Å². The van der Waals surface area contributed by atoms with Crippen LogP contribution in [0.25, 0.3) is 10.4 Å². The topological polar surface area (TPSA) is 94.7 Å². The van der Waals surface area contributed by atoms with Gasteiger partial charge in [0.2, 0.25) is 0 Å². The molecule has 3 heterocycles. The Kier molecular flexibility index (Phi) is 4.19. The molecule has 0 spiro atoms. The van der Waals surface area contributed by atoms with Gasteiger partial charge < -0.3 is 4.90 Å². The van der Waals surface area contributed by atoms with Gasteiger partial charge in [-0.1, -0.05) is 30.3 Å². The molecule has 3 aromatic rings. The average Bonchev–Trinajstić information content (AvgIpc) is 3.31. The first kappa shape index (κ1) is 15.8. The Labute approximate surface area is 147 Å². The minimum Gasteiger partial charge on any atom is -0.337 e. The molecule has 128 valence electrons. The number of aromatic amines is 2. The van der Waals surface area contributed by atoms with Gasteiger partial charge in [-0.3, -0.25) is 9.78 Å². The molecule has 7 nitrogen and oxygen atoms in total. The van der Waals surface area contributed by atoms with Gasteiger partial charge in [0.15, 0.2) is 0 Å². The van der Waals surface area contributed by atoms with Crippen molar-refractivity contribution in [1.82, 2.24) is 25.1 Å². The van der Waals surface area contributed by atoms with E-state index in [2.05, 4.69) is 20.2 Å². The van der Waals surface area contributed by atoms with Crippen molar-refractivity contribution >= 4 is 17.2 Å². The van der Waals surface area contributed by atoms with Crippen LogP contribution in [0, 0.1) is 0 Å². The van der Waals surface area contributed by atoms with Crippen molar-refractivity contribution in [3.63, 3.8) is 0 Å². The van der Waals surface area contributed by atoms with E-state index in [-0.39, 0.29) is 17.5 Å². The van der Waals surface area contributed by atoms with Gasteiger partial charge in [-0.25, -0.2) is 14.9 Å². The molecule has 1 aliphatic rings. The van der Waals surface area contributed by atoms with E-state index in [0.29, 0.717) is 24.6 Å². The van der Waals surface area contributed by atoms with E-state index in [1.807, 2.05) is 35.2 Å². The fourth-order valence-electron chi connectivity index (χ4n) is 3.20. The Balaban J connectivity index is 1.57. The Morgan fingerprint density at radius 2 is 2.12 bits per heavy atom. The van der Waals surface area contributed by atoms with E-state index >= 15 is 0 Å². The maximum atomic E-state index is 13.0. The Hall–Kier alpha value is -2.74. The van der Waals surface area contributed by atoms with Crippen LogP contribution >= 0.6 is 11.3 Å². The van der Waals surface area contributed by atoms with E-state index in [4.69, 9.17) is 0 Å². The molecule has 0 radical (unpaired) electrons. The quantitative estimate of drug-likeness (QED) is 0.753. The third kappa shape index (κ3) is 3.12. The molecule has 0 aliphatic carbocycles. The summed E-state index contributed by atoms with van der Waals surface area (Å²) in [4.78, 5) is 34.0. The van der Waals surface area contributed by atoms with Gasteiger partial charge in [0.05, 0.1) is 10.4 Å². The third-order valence-electron chi connectivity index (χ3n) is 4.42. The maximum Gasteiger partial charge on any atom is 0.340 e. The number of aromatic nitrogens is 4. The van der Waals surface area contributed by atoms with E-state index in [9.17, 15) is 9.59 Å². The van der Waals surface area contributed by atoms with E-state index < -0.39 is 0 Å². The van der Waals surface area contributed by atoms with Crippen LogP contribution in [0.2, 0.25) is 0 Å². The lowest BCUT2D eigenvalue weighted by atomic mass is 9.97. The number of nitrogens with one attached hydrogen (secondary N) is 2. The van der Waals surface area contributed by atoms with Gasteiger partial charge >= 0.3 is 5.69 Å². The molecule has 0 saturated carbocycles. The van der Waals surface area contributed by atoms with Crippen LogP contribution in [-0.2, 0) is 0 Å². The number of rotatable bonds is 3. The number of carbonyl (C=O) groups is 1. The highest BCUT2D eigenvalue weighted by Crippen LogP contribution is 2.30. The van der Waals surface area contributed by atoms with Crippen molar-refractivity contribution in [2.24, 2.45) is 0 Å². The van der Waals surface area contributed by atoms with Gasteiger partial charge in [0.25, 0.3) is 5.91 Å². The standard InChI is InChI=1S/C17H17N5O2S/c23-16(13-14(25-10-18-13)11-5-2-1-3-6-11)22-8-4-7-12(9-22)15-19-17(24)21-20-15/h1-3,5-6,10,12H,4,7-9H2,(H2,19,20,21,24)/t12-/m0/s1. The normalized spacial score (nSPS) is 17.6. The van der Waals surface area contributed by atoms with Crippen LogP contribution in [0.5, 0.6) is 0 Å². The van der Waals surface area contributed by atoms with Crippen molar-refractivity contribution in [1.29, 1.82) is 0 Å². The number of nitrogens with zero attached hydrogens (tertiary/aromatic N) is 3. The minimum absolute atomic E-state index is 0.0375. The van der Waals surface area contributed by atoms with Crippen molar-refractivity contribution < 1.29 is 4.79 Å². The monoisotopic (exact) mass is 355 g/mol. The summed E-state index contributed by atoms with van der Waals surface area (Å²) in [5.41, 5.74) is 2.89. The summed E-state index contributed by atoms with van der Waals surface area (Å²) >= 11 is 1.47. The number of amides is 1. The molecule has 1 aliphatic heterocycles. The van der Waals surface area contributed by atoms with Crippen molar-refractivity contribution in [2.45, 2.75) is 18.8 Å². The van der Waals surface area contributed by atoms with E-state index in [0.717, 1.165) is 23.3 Å². The summed E-state index contributed by atoms with van der Waals surface area (Å²) in [6.45, 7) is 1.22. The fourth-order valence-corrected chi connectivity index (χ4v) is 3.99. The zero-order valence-electron chi connectivity index (χ0n) is 13.4.